The van der Waals surface area contributed by atoms with Crippen LogP contribution in [0.1, 0.15) is 20.3 Å². The molecule has 0 aliphatic heterocycles. The lowest BCUT2D eigenvalue weighted by atomic mass is 10.1. The molecule has 0 radical (unpaired) electrons. The van der Waals surface area contributed by atoms with Gasteiger partial charge in [0.15, 0.2) is 0 Å². The van der Waals surface area contributed by atoms with E-state index in [0.717, 1.165) is 17.0 Å². The van der Waals surface area contributed by atoms with E-state index in [0.29, 0.717) is 23.0 Å². The molecule has 0 spiro atoms. The first kappa shape index (κ1) is 22.7. The fraction of sp³-hybridized carbons (Fsp3) is 0.273. The van der Waals surface area contributed by atoms with Gasteiger partial charge < -0.3 is 15.4 Å². The van der Waals surface area contributed by atoms with Crippen LogP contribution in [0.25, 0.3) is 11.3 Å². The van der Waals surface area contributed by atoms with Gasteiger partial charge in [-0.25, -0.2) is 4.98 Å². The van der Waals surface area contributed by atoms with E-state index in [4.69, 9.17) is 0 Å². The normalized spacial score (nSPS) is 12.3. The van der Waals surface area contributed by atoms with E-state index in [1.165, 1.54) is 18.2 Å². The molecule has 164 valence electrons. The summed E-state index contributed by atoms with van der Waals surface area (Å²) in [6.45, 7) is 4.04. The number of anilines is 3. The molecule has 1 heterocycles. The van der Waals surface area contributed by atoms with Gasteiger partial charge in [-0.1, -0.05) is 25.1 Å². The number of nitrogens with one attached hydrogen (secondary N) is 2. The average Bonchev–Trinajstić information content (AvgIpc) is 2.72. The standard InChI is InChI=1S/C22H23F3N4OS/c1-4-14(2)26-21-28-19(15-7-5-9-17(11-15)30-22(23,24)25)13-20(29-21)27-16-8-6-10-18(12-16)31-3/h5-14H,4H2,1-3H3,(H2,26,27,28,29)/t14-/m0/s1. The maximum atomic E-state index is 12.6. The van der Waals surface area contributed by atoms with Crippen molar-refractivity contribution in [1.29, 1.82) is 0 Å². The summed E-state index contributed by atoms with van der Waals surface area (Å²) in [6, 6.07) is 15.4. The SMILES string of the molecule is CC[C@H](C)Nc1nc(Nc2cccc(SC)c2)cc(-c2cccc(OC(F)(F)F)c2)n1. The fourth-order valence-electron chi connectivity index (χ4n) is 2.75. The van der Waals surface area contributed by atoms with Gasteiger partial charge in [-0.3, -0.25) is 0 Å². The molecule has 0 aliphatic carbocycles. The second-order valence-electron chi connectivity index (χ2n) is 6.85. The van der Waals surface area contributed by atoms with Crippen molar-refractivity contribution in [2.24, 2.45) is 0 Å². The zero-order valence-corrected chi connectivity index (χ0v) is 18.1. The third-order valence-corrected chi connectivity index (χ3v) is 5.14. The highest BCUT2D eigenvalue weighted by molar-refractivity contribution is 7.98. The van der Waals surface area contributed by atoms with Gasteiger partial charge in [0.25, 0.3) is 0 Å². The van der Waals surface area contributed by atoms with E-state index < -0.39 is 6.36 Å². The lowest BCUT2D eigenvalue weighted by Crippen LogP contribution is -2.17. The predicted octanol–water partition coefficient (Wildman–Crippen LogP) is 6.72. The van der Waals surface area contributed by atoms with Gasteiger partial charge in [0.05, 0.1) is 5.69 Å². The lowest BCUT2D eigenvalue weighted by Gasteiger charge is -2.15. The van der Waals surface area contributed by atoms with Crippen LogP contribution < -0.4 is 15.4 Å². The Balaban J connectivity index is 1.98. The summed E-state index contributed by atoms with van der Waals surface area (Å²) in [5.41, 5.74) is 1.80. The molecule has 9 heteroatoms. The van der Waals surface area contributed by atoms with Crippen molar-refractivity contribution in [3.05, 3.63) is 54.6 Å². The number of hydrogen-bond donors (Lipinski definition) is 2. The van der Waals surface area contributed by atoms with Crippen molar-refractivity contribution in [3.8, 4) is 17.0 Å². The monoisotopic (exact) mass is 448 g/mol. The minimum atomic E-state index is -4.76. The first-order chi connectivity index (χ1) is 14.8. The summed E-state index contributed by atoms with van der Waals surface area (Å²) in [5, 5.41) is 6.48. The zero-order chi connectivity index (χ0) is 22.4. The minimum Gasteiger partial charge on any atom is -0.406 e. The van der Waals surface area contributed by atoms with Gasteiger partial charge in [0.1, 0.15) is 11.6 Å². The van der Waals surface area contributed by atoms with Crippen LogP contribution in [-0.2, 0) is 0 Å². The lowest BCUT2D eigenvalue weighted by molar-refractivity contribution is -0.274. The molecule has 1 atom stereocenters. The topological polar surface area (TPSA) is 59.1 Å². The first-order valence-electron chi connectivity index (χ1n) is 9.68. The van der Waals surface area contributed by atoms with E-state index in [9.17, 15) is 13.2 Å². The Morgan fingerprint density at radius 3 is 2.55 bits per heavy atom. The molecule has 5 nitrogen and oxygen atoms in total. The molecule has 2 N–H and O–H groups in total. The van der Waals surface area contributed by atoms with Gasteiger partial charge in [-0.05, 0) is 49.9 Å². The second kappa shape index (κ2) is 9.91. The van der Waals surface area contributed by atoms with Crippen molar-refractivity contribution in [1.82, 2.24) is 9.97 Å². The number of hydrogen-bond acceptors (Lipinski definition) is 6. The van der Waals surface area contributed by atoms with E-state index in [1.807, 2.05) is 44.4 Å². The van der Waals surface area contributed by atoms with Crippen LogP contribution in [0, 0.1) is 0 Å². The Morgan fingerprint density at radius 2 is 1.84 bits per heavy atom. The van der Waals surface area contributed by atoms with E-state index in [1.54, 1.807) is 23.9 Å². The van der Waals surface area contributed by atoms with Crippen LogP contribution >= 0.6 is 11.8 Å². The Hall–Kier alpha value is -2.94. The Bertz CT molecular complexity index is 1030. The number of alkyl halides is 3. The highest BCUT2D eigenvalue weighted by Crippen LogP contribution is 2.30. The Kier molecular flexibility index (Phi) is 7.27. The molecule has 31 heavy (non-hydrogen) atoms. The molecule has 1 aromatic heterocycles. The van der Waals surface area contributed by atoms with E-state index in [-0.39, 0.29) is 11.8 Å². The molecule has 3 aromatic rings. The Morgan fingerprint density at radius 1 is 1.06 bits per heavy atom. The molecule has 0 fully saturated rings. The van der Waals surface area contributed by atoms with E-state index in [2.05, 4.69) is 25.3 Å². The molecule has 0 saturated heterocycles. The molecule has 0 saturated carbocycles. The van der Waals surface area contributed by atoms with Crippen molar-refractivity contribution in [2.75, 3.05) is 16.9 Å². The summed E-state index contributed by atoms with van der Waals surface area (Å²) < 4.78 is 41.9. The molecule has 3 rings (SSSR count). The number of thioether (sulfide) groups is 1. The van der Waals surface area contributed by atoms with Gasteiger partial charge in [0, 0.05) is 28.3 Å². The summed E-state index contributed by atoms with van der Waals surface area (Å²) in [5.74, 6) is 0.607. The molecular weight excluding hydrogens is 425 g/mol. The zero-order valence-electron chi connectivity index (χ0n) is 17.3. The average molecular weight is 449 g/mol. The van der Waals surface area contributed by atoms with Gasteiger partial charge in [-0.15, -0.1) is 24.9 Å². The fourth-order valence-corrected chi connectivity index (χ4v) is 3.21. The van der Waals surface area contributed by atoms with Crippen LogP contribution in [0.3, 0.4) is 0 Å². The summed E-state index contributed by atoms with van der Waals surface area (Å²) in [7, 11) is 0. The summed E-state index contributed by atoms with van der Waals surface area (Å²) in [6.07, 6.45) is -1.91. The molecule has 0 amide bonds. The van der Waals surface area contributed by atoms with Crippen molar-refractivity contribution in [3.63, 3.8) is 0 Å². The molecule has 0 bridgehead atoms. The maximum Gasteiger partial charge on any atom is 0.573 e. The van der Waals surface area contributed by atoms with Crippen LogP contribution in [0.2, 0.25) is 0 Å². The van der Waals surface area contributed by atoms with Gasteiger partial charge >= 0.3 is 6.36 Å². The largest absolute Gasteiger partial charge is 0.573 e. The second-order valence-corrected chi connectivity index (χ2v) is 7.73. The highest BCUT2D eigenvalue weighted by Gasteiger charge is 2.31. The quantitative estimate of drug-likeness (QED) is 0.373. The van der Waals surface area contributed by atoms with Crippen molar-refractivity contribution < 1.29 is 17.9 Å². The number of ether oxygens (including phenoxy) is 1. The summed E-state index contributed by atoms with van der Waals surface area (Å²) >= 11 is 1.62. The smallest absolute Gasteiger partial charge is 0.406 e. The summed E-state index contributed by atoms with van der Waals surface area (Å²) in [4.78, 5) is 10.1. The maximum absolute atomic E-state index is 12.6. The molecular formula is C22H23F3N4OS. The van der Waals surface area contributed by atoms with Crippen LogP contribution in [-0.4, -0.2) is 28.6 Å². The number of halogens is 3. The number of aromatic nitrogens is 2. The highest BCUT2D eigenvalue weighted by atomic mass is 32.2. The number of rotatable bonds is 8. The van der Waals surface area contributed by atoms with Crippen LogP contribution in [0.15, 0.2) is 59.5 Å². The van der Waals surface area contributed by atoms with Crippen LogP contribution in [0.5, 0.6) is 5.75 Å². The predicted molar refractivity (Wildman–Crippen MR) is 119 cm³/mol. The number of nitrogens with zero attached hydrogens (tertiary/aromatic N) is 2. The van der Waals surface area contributed by atoms with Crippen molar-refractivity contribution in [2.45, 2.75) is 37.6 Å². The van der Waals surface area contributed by atoms with Crippen LogP contribution in [0.4, 0.5) is 30.6 Å². The van der Waals surface area contributed by atoms with E-state index >= 15 is 0 Å². The van der Waals surface area contributed by atoms with Gasteiger partial charge in [0.2, 0.25) is 5.95 Å². The van der Waals surface area contributed by atoms with Crippen molar-refractivity contribution >= 4 is 29.2 Å². The Labute approximate surface area is 183 Å². The molecule has 2 aromatic carbocycles. The number of benzene rings is 2. The minimum absolute atomic E-state index is 0.128. The molecule has 0 aliphatic rings. The molecule has 0 unspecified atom stereocenters. The third kappa shape index (κ3) is 6.78. The third-order valence-electron chi connectivity index (χ3n) is 4.42. The van der Waals surface area contributed by atoms with Gasteiger partial charge in [-0.2, -0.15) is 4.98 Å². The first-order valence-corrected chi connectivity index (χ1v) is 10.9.